The third-order valence-corrected chi connectivity index (χ3v) is 2.81. The fraction of sp³-hybridized carbons (Fsp3) is 0.714. The molecule has 0 aliphatic rings. The van der Waals surface area contributed by atoms with E-state index >= 15 is 0 Å². The van der Waals surface area contributed by atoms with Crippen molar-refractivity contribution in [2.24, 2.45) is 0 Å². The highest BCUT2D eigenvalue weighted by Crippen LogP contribution is 2.31. The first-order valence-corrected chi connectivity index (χ1v) is 6.21. The molecule has 0 fully saturated rings. The van der Waals surface area contributed by atoms with Crippen LogP contribution in [0.2, 0.25) is 0 Å². The van der Waals surface area contributed by atoms with Crippen LogP contribution in [0.15, 0.2) is 0 Å². The number of aryl methyl sites for hydroxylation is 1. The molecule has 1 aromatic rings. The minimum atomic E-state index is -0.615. The van der Waals surface area contributed by atoms with Gasteiger partial charge >= 0.3 is 0 Å². The number of aromatic nitrogens is 2. The van der Waals surface area contributed by atoms with Gasteiger partial charge in [-0.05, 0) is 25.3 Å². The Balaban J connectivity index is 3.51. The van der Waals surface area contributed by atoms with E-state index in [-0.39, 0.29) is 5.41 Å². The molecule has 0 bridgehead atoms. The normalized spacial score (nSPS) is 14.2. The highest BCUT2D eigenvalue weighted by molar-refractivity contribution is 5.33. The number of rotatable bonds is 2. The second-order valence-electron chi connectivity index (χ2n) is 6.01. The summed E-state index contributed by atoms with van der Waals surface area (Å²) in [7, 11) is 0. The van der Waals surface area contributed by atoms with Crippen LogP contribution in [0, 0.1) is 6.92 Å². The molecule has 96 valence electrons. The summed E-state index contributed by atoms with van der Waals surface area (Å²) in [5, 5.41) is 9.64. The van der Waals surface area contributed by atoms with Gasteiger partial charge in [-0.2, -0.15) is 0 Å². The van der Waals surface area contributed by atoms with Crippen molar-refractivity contribution in [1.82, 2.24) is 9.97 Å². The zero-order valence-corrected chi connectivity index (χ0v) is 12.0. The highest BCUT2D eigenvalue weighted by atomic mass is 16.3. The maximum absolute atomic E-state index is 9.64. The summed E-state index contributed by atoms with van der Waals surface area (Å²) in [6, 6.07) is 0. The zero-order chi connectivity index (χ0) is 13.4. The average Bonchev–Trinajstić information content (AvgIpc) is 2.14. The number of nitrogens with zero attached hydrogens (tertiary/aromatic N) is 2. The quantitative estimate of drug-likeness (QED) is 0.857. The zero-order valence-electron chi connectivity index (χ0n) is 12.0. The summed E-state index contributed by atoms with van der Waals surface area (Å²) in [5.41, 5.74) is 3.21. The molecule has 1 atom stereocenters. The van der Waals surface area contributed by atoms with Crippen LogP contribution in [0.1, 0.15) is 76.3 Å². The Kier molecular flexibility index (Phi) is 3.92. The van der Waals surface area contributed by atoms with E-state index in [1.54, 1.807) is 6.92 Å². The molecule has 1 rings (SSSR count). The molecular weight excluding hydrogens is 212 g/mol. The Labute approximate surface area is 104 Å². The molecule has 0 amide bonds. The molecule has 17 heavy (non-hydrogen) atoms. The van der Waals surface area contributed by atoms with E-state index in [9.17, 15) is 5.11 Å². The van der Waals surface area contributed by atoms with Crippen molar-refractivity contribution in [3.63, 3.8) is 0 Å². The Bertz CT molecular complexity index is 403. The highest BCUT2D eigenvalue weighted by Gasteiger charge is 2.25. The van der Waals surface area contributed by atoms with E-state index in [1.807, 2.05) is 6.92 Å². The van der Waals surface area contributed by atoms with E-state index in [0.717, 1.165) is 11.4 Å². The molecule has 1 unspecified atom stereocenters. The van der Waals surface area contributed by atoms with Crippen molar-refractivity contribution in [2.75, 3.05) is 0 Å². The third-order valence-electron chi connectivity index (χ3n) is 2.81. The molecule has 3 heteroatoms. The van der Waals surface area contributed by atoms with Crippen LogP contribution in [-0.2, 0) is 5.41 Å². The molecule has 0 aromatic carbocycles. The molecule has 0 aliphatic heterocycles. The summed E-state index contributed by atoms with van der Waals surface area (Å²) >= 11 is 0. The minimum Gasteiger partial charge on any atom is -0.385 e. The van der Waals surface area contributed by atoms with Crippen LogP contribution in [0.4, 0.5) is 0 Å². The van der Waals surface area contributed by atoms with Crippen LogP contribution in [0.5, 0.6) is 0 Å². The van der Waals surface area contributed by atoms with Gasteiger partial charge in [-0.3, -0.25) is 0 Å². The third kappa shape index (κ3) is 3.03. The van der Waals surface area contributed by atoms with Crippen molar-refractivity contribution in [2.45, 2.75) is 65.9 Å². The summed E-state index contributed by atoms with van der Waals surface area (Å²) in [6.45, 7) is 14.5. The lowest BCUT2D eigenvalue weighted by molar-refractivity contribution is 0.187. The number of hydrogen-bond acceptors (Lipinski definition) is 3. The fourth-order valence-corrected chi connectivity index (χ4v) is 2.05. The lowest BCUT2D eigenvalue weighted by Crippen LogP contribution is -2.21. The summed E-state index contributed by atoms with van der Waals surface area (Å²) < 4.78 is 0. The van der Waals surface area contributed by atoms with Crippen LogP contribution in [-0.4, -0.2) is 15.1 Å². The maximum Gasteiger partial charge on any atom is 0.157 e. The van der Waals surface area contributed by atoms with Gasteiger partial charge in [0.15, 0.2) is 5.82 Å². The van der Waals surface area contributed by atoms with Crippen molar-refractivity contribution in [3.8, 4) is 0 Å². The maximum atomic E-state index is 9.64. The molecule has 3 nitrogen and oxygen atoms in total. The second kappa shape index (κ2) is 4.73. The standard InChI is InChI=1S/C14H24N2O/c1-8(2)11-9(3)15-13(10(4)17)16-12(11)14(5,6)7/h8,10,17H,1-7H3. The number of aliphatic hydroxyl groups excluding tert-OH is 1. The summed E-state index contributed by atoms with van der Waals surface area (Å²) in [5.74, 6) is 0.920. The first-order chi connectivity index (χ1) is 7.64. The van der Waals surface area contributed by atoms with Crippen LogP contribution >= 0.6 is 0 Å². The van der Waals surface area contributed by atoms with Gasteiger partial charge in [0.05, 0.1) is 5.69 Å². The van der Waals surface area contributed by atoms with Gasteiger partial charge in [-0.1, -0.05) is 34.6 Å². The van der Waals surface area contributed by atoms with Gasteiger partial charge in [0.2, 0.25) is 0 Å². The molecule has 0 saturated heterocycles. The van der Waals surface area contributed by atoms with Crippen LogP contribution in [0.25, 0.3) is 0 Å². The molecule has 0 spiro atoms. The van der Waals surface area contributed by atoms with Crippen molar-refractivity contribution >= 4 is 0 Å². The van der Waals surface area contributed by atoms with Crippen LogP contribution in [0.3, 0.4) is 0 Å². The molecule has 0 radical (unpaired) electrons. The Morgan fingerprint density at radius 1 is 1.06 bits per heavy atom. The predicted molar refractivity (Wildman–Crippen MR) is 70.2 cm³/mol. The van der Waals surface area contributed by atoms with Gasteiger partial charge in [-0.25, -0.2) is 9.97 Å². The van der Waals surface area contributed by atoms with E-state index in [0.29, 0.717) is 11.7 Å². The second-order valence-corrected chi connectivity index (χ2v) is 6.01. The fourth-order valence-electron chi connectivity index (χ4n) is 2.05. The van der Waals surface area contributed by atoms with Crippen molar-refractivity contribution < 1.29 is 5.11 Å². The minimum absolute atomic E-state index is 0.0308. The smallest absolute Gasteiger partial charge is 0.157 e. The van der Waals surface area contributed by atoms with Gasteiger partial charge in [0.25, 0.3) is 0 Å². The van der Waals surface area contributed by atoms with E-state index in [4.69, 9.17) is 0 Å². The SMILES string of the molecule is Cc1nc(C(C)O)nc(C(C)(C)C)c1C(C)C. The lowest BCUT2D eigenvalue weighted by atomic mass is 9.84. The van der Waals surface area contributed by atoms with Crippen molar-refractivity contribution in [1.29, 1.82) is 0 Å². The van der Waals surface area contributed by atoms with Gasteiger partial charge in [0, 0.05) is 11.1 Å². The van der Waals surface area contributed by atoms with Gasteiger partial charge < -0.3 is 5.11 Å². The largest absolute Gasteiger partial charge is 0.385 e. The van der Waals surface area contributed by atoms with Gasteiger partial charge in [0.1, 0.15) is 6.10 Å². The van der Waals surface area contributed by atoms with Crippen molar-refractivity contribution in [3.05, 3.63) is 22.8 Å². The van der Waals surface area contributed by atoms with E-state index in [2.05, 4.69) is 44.6 Å². The average molecular weight is 236 g/mol. The monoisotopic (exact) mass is 236 g/mol. The molecule has 1 aromatic heterocycles. The van der Waals surface area contributed by atoms with E-state index in [1.165, 1.54) is 5.56 Å². The first kappa shape index (κ1) is 14.1. The van der Waals surface area contributed by atoms with Crippen LogP contribution < -0.4 is 0 Å². The molecule has 1 heterocycles. The lowest BCUT2D eigenvalue weighted by Gasteiger charge is -2.25. The Morgan fingerprint density at radius 2 is 1.59 bits per heavy atom. The number of aliphatic hydroxyl groups is 1. The van der Waals surface area contributed by atoms with Gasteiger partial charge in [-0.15, -0.1) is 0 Å². The molecular formula is C14H24N2O. The Morgan fingerprint density at radius 3 is 1.94 bits per heavy atom. The predicted octanol–water partition coefficient (Wildman–Crippen LogP) is 3.26. The molecule has 0 aliphatic carbocycles. The summed E-state index contributed by atoms with van der Waals surface area (Å²) in [6.07, 6.45) is -0.615. The summed E-state index contributed by atoms with van der Waals surface area (Å²) in [4.78, 5) is 8.97. The molecule has 1 N–H and O–H groups in total. The topological polar surface area (TPSA) is 46.0 Å². The molecule has 0 saturated carbocycles. The Hall–Kier alpha value is -0.960. The number of hydrogen-bond donors (Lipinski definition) is 1. The van der Waals surface area contributed by atoms with E-state index < -0.39 is 6.10 Å². The first-order valence-electron chi connectivity index (χ1n) is 6.21.